The summed E-state index contributed by atoms with van der Waals surface area (Å²) in [6, 6.07) is 5.82. The summed E-state index contributed by atoms with van der Waals surface area (Å²) < 4.78 is 0. The molecule has 104 valence electrons. The van der Waals surface area contributed by atoms with Crippen molar-refractivity contribution in [3.63, 3.8) is 0 Å². The van der Waals surface area contributed by atoms with E-state index in [1.54, 1.807) is 6.20 Å². The van der Waals surface area contributed by atoms with Gasteiger partial charge in [0.2, 0.25) is 0 Å². The lowest BCUT2D eigenvalue weighted by Gasteiger charge is -2.17. The Kier molecular flexibility index (Phi) is 4.97. The first-order valence-corrected chi connectivity index (χ1v) is 6.61. The van der Waals surface area contributed by atoms with Crippen molar-refractivity contribution in [3.8, 4) is 0 Å². The molecule has 2 rings (SSSR count). The van der Waals surface area contributed by atoms with E-state index in [0.29, 0.717) is 13.0 Å². The van der Waals surface area contributed by atoms with Crippen LogP contribution in [0.3, 0.4) is 0 Å². The van der Waals surface area contributed by atoms with Gasteiger partial charge in [0.1, 0.15) is 5.82 Å². The maximum absolute atomic E-state index is 11.6. The van der Waals surface area contributed by atoms with Crippen LogP contribution in [-0.2, 0) is 0 Å². The van der Waals surface area contributed by atoms with E-state index in [9.17, 15) is 4.79 Å². The van der Waals surface area contributed by atoms with Gasteiger partial charge in [-0.3, -0.25) is 0 Å². The van der Waals surface area contributed by atoms with Gasteiger partial charge in [0.25, 0.3) is 0 Å². The minimum absolute atomic E-state index is 0.0944. The van der Waals surface area contributed by atoms with Crippen LogP contribution in [0.15, 0.2) is 24.4 Å². The van der Waals surface area contributed by atoms with Crippen LogP contribution in [0.1, 0.15) is 12.8 Å². The third kappa shape index (κ3) is 4.10. The largest absolute Gasteiger partial charge is 0.396 e. The Morgan fingerprint density at radius 2 is 2.42 bits per heavy atom. The van der Waals surface area contributed by atoms with Crippen LogP contribution in [-0.4, -0.2) is 48.4 Å². The molecule has 1 fully saturated rings. The number of urea groups is 1. The predicted molar refractivity (Wildman–Crippen MR) is 73.1 cm³/mol. The van der Waals surface area contributed by atoms with Gasteiger partial charge in [0, 0.05) is 38.5 Å². The molecular weight excluding hydrogens is 244 g/mol. The molecule has 19 heavy (non-hydrogen) atoms. The second kappa shape index (κ2) is 6.94. The fourth-order valence-electron chi connectivity index (χ4n) is 2.14. The number of aliphatic hydroxyl groups excluding tert-OH is 1. The summed E-state index contributed by atoms with van der Waals surface area (Å²) in [6.07, 6.45) is 3.28. The van der Waals surface area contributed by atoms with E-state index in [1.165, 1.54) is 0 Å². The minimum atomic E-state index is -0.165. The first-order valence-electron chi connectivity index (χ1n) is 6.61. The van der Waals surface area contributed by atoms with E-state index in [2.05, 4.69) is 20.5 Å². The maximum atomic E-state index is 11.6. The SMILES string of the molecule is O=C(NCCCO)NC1CCN(c2ccccn2)C1. The number of pyridine rings is 1. The van der Waals surface area contributed by atoms with Crippen LogP contribution in [0.4, 0.5) is 10.6 Å². The standard InChI is InChI=1S/C13H20N4O2/c18-9-3-7-15-13(19)16-11-5-8-17(10-11)12-4-1-2-6-14-12/h1-2,4,6,11,18H,3,5,7-10H2,(H2,15,16,19). The van der Waals surface area contributed by atoms with E-state index in [-0.39, 0.29) is 18.7 Å². The molecule has 0 spiro atoms. The molecule has 1 aliphatic heterocycles. The van der Waals surface area contributed by atoms with Crippen LogP contribution < -0.4 is 15.5 Å². The molecule has 2 heterocycles. The Bertz CT molecular complexity index is 399. The van der Waals surface area contributed by atoms with Crippen LogP contribution in [0.25, 0.3) is 0 Å². The number of anilines is 1. The van der Waals surface area contributed by atoms with Crippen molar-refractivity contribution in [1.82, 2.24) is 15.6 Å². The molecule has 6 heteroatoms. The summed E-state index contributed by atoms with van der Waals surface area (Å²) in [5, 5.41) is 14.3. The number of aliphatic hydroxyl groups is 1. The molecule has 1 unspecified atom stereocenters. The summed E-state index contributed by atoms with van der Waals surface area (Å²) in [7, 11) is 0. The normalized spacial score (nSPS) is 18.4. The quantitative estimate of drug-likeness (QED) is 0.670. The zero-order chi connectivity index (χ0) is 13.5. The van der Waals surface area contributed by atoms with Crippen molar-refractivity contribution in [2.75, 3.05) is 31.1 Å². The lowest BCUT2D eigenvalue weighted by atomic mass is 10.3. The van der Waals surface area contributed by atoms with Gasteiger partial charge in [-0.2, -0.15) is 0 Å². The number of amides is 2. The summed E-state index contributed by atoms with van der Waals surface area (Å²) in [5.74, 6) is 0.951. The Morgan fingerprint density at radius 1 is 1.53 bits per heavy atom. The van der Waals surface area contributed by atoms with Crippen molar-refractivity contribution in [3.05, 3.63) is 24.4 Å². The maximum Gasteiger partial charge on any atom is 0.315 e. The van der Waals surface area contributed by atoms with E-state index in [4.69, 9.17) is 5.11 Å². The summed E-state index contributed by atoms with van der Waals surface area (Å²) in [6.45, 7) is 2.28. The highest BCUT2D eigenvalue weighted by molar-refractivity contribution is 5.74. The number of hydrogen-bond acceptors (Lipinski definition) is 4. The molecule has 0 aromatic carbocycles. The van der Waals surface area contributed by atoms with Crippen molar-refractivity contribution >= 4 is 11.8 Å². The van der Waals surface area contributed by atoms with Gasteiger partial charge in [0.15, 0.2) is 0 Å². The number of rotatable bonds is 5. The third-order valence-electron chi connectivity index (χ3n) is 3.12. The molecular formula is C13H20N4O2. The molecule has 0 radical (unpaired) electrons. The molecule has 1 aromatic heterocycles. The van der Waals surface area contributed by atoms with Crippen molar-refractivity contribution in [1.29, 1.82) is 0 Å². The lowest BCUT2D eigenvalue weighted by molar-refractivity contribution is 0.235. The zero-order valence-corrected chi connectivity index (χ0v) is 10.9. The topological polar surface area (TPSA) is 77.5 Å². The highest BCUT2D eigenvalue weighted by Crippen LogP contribution is 2.16. The Labute approximate surface area is 112 Å². The molecule has 1 atom stereocenters. The van der Waals surface area contributed by atoms with E-state index < -0.39 is 0 Å². The molecule has 1 aromatic rings. The number of nitrogens with zero attached hydrogens (tertiary/aromatic N) is 2. The summed E-state index contributed by atoms with van der Waals surface area (Å²) in [5.41, 5.74) is 0. The van der Waals surface area contributed by atoms with Crippen LogP contribution in [0.5, 0.6) is 0 Å². The van der Waals surface area contributed by atoms with Crippen molar-refractivity contribution in [2.24, 2.45) is 0 Å². The van der Waals surface area contributed by atoms with Gasteiger partial charge >= 0.3 is 6.03 Å². The zero-order valence-electron chi connectivity index (χ0n) is 10.9. The molecule has 0 aliphatic carbocycles. The molecule has 6 nitrogen and oxygen atoms in total. The monoisotopic (exact) mass is 264 g/mol. The molecule has 0 saturated carbocycles. The smallest absolute Gasteiger partial charge is 0.315 e. The van der Waals surface area contributed by atoms with Crippen LogP contribution >= 0.6 is 0 Å². The van der Waals surface area contributed by atoms with Crippen LogP contribution in [0.2, 0.25) is 0 Å². The number of carbonyl (C=O) groups is 1. The Balaban J connectivity index is 1.74. The second-order valence-electron chi connectivity index (χ2n) is 4.60. The van der Waals surface area contributed by atoms with Crippen molar-refractivity contribution < 1.29 is 9.90 Å². The van der Waals surface area contributed by atoms with E-state index >= 15 is 0 Å². The Hall–Kier alpha value is -1.82. The predicted octanol–water partition coefficient (Wildman–Crippen LogP) is 0.342. The number of carbonyl (C=O) groups excluding carboxylic acids is 1. The average Bonchev–Trinajstić information content (AvgIpc) is 2.88. The van der Waals surface area contributed by atoms with Gasteiger partial charge in [-0.15, -0.1) is 0 Å². The highest BCUT2D eigenvalue weighted by Gasteiger charge is 2.24. The van der Waals surface area contributed by atoms with Gasteiger partial charge in [-0.25, -0.2) is 9.78 Å². The average molecular weight is 264 g/mol. The van der Waals surface area contributed by atoms with Gasteiger partial charge in [-0.05, 0) is 25.0 Å². The second-order valence-corrected chi connectivity index (χ2v) is 4.60. The molecule has 3 N–H and O–H groups in total. The summed E-state index contributed by atoms with van der Waals surface area (Å²) >= 11 is 0. The van der Waals surface area contributed by atoms with Crippen molar-refractivity contribution in [2.45, 2.75) is 18.9 Å². The highest BCUT2D eigenvalue weighted by atomic mass is 16.3. The third-order valence-corrected chi connectivity index (χ3v) is 3.12. The molecule has 1 aliphatic rings. The molecule has 1 saturated heterocycles. The van der Waals surface area contributed by atoms with Gasteiger partial charge in [-0.1, -0.05) is 6.07 Å². The molecule has 0 bridgehead atoms. The number of nitrogens with one attached hydrogen (secondary N) is 2. The first-order chi connectivity index (χ1) is 9.29. The van der Waals surface area contributed by atoms with E-state index in [0.717, 1.165) is 25.3 Å². The molecule has 2 amide bonds. The number of aromatic nitrogens is 1. The fourth-order valence-corrected chi connectivity index (χ4v) is 2.14. The number of hydrogen-bond donors (Lipinski definition) is 3. The first kappa shape index (κ1) is 13.6. The fraction of sp³-hybridized carbons (Fsp3) is 0.538. The van der Waals surface area contributed by atoms with Gasteiger partial charge < -0.3 is 20.6 Å². The minimum Gasteiger partial charge on any atom is -0.396 e. The Morgan fingerprint density at radius 3 is 3.16 bits per heavy atom. The summed E-state index contributed by atoms with van der Waals surface area (Å²) in [4.78, 5) is 18.0. The van der Waals surface area contributed by atoms with Gasteiger partial charge in [0.05, 0.1) is 0 Å². The van der Waals surface area contributed by atoms with E-state index in [1.807, 2.05) is 18.2 Å². The van der Waals surface area contributed by atoms with Crippen LogP contribution in [0, 0.1) is 0 Å². The lowest BCUT2D eigenvalue weighted by Crippen LogP contribution is -2.43.